The summed E-state index contributed by atoms with van der Waals surface area (Å²) in [6.45, 7) is 4.94. The van der Waals surface area contributed by atoms with E-state index in [0.29, 0.717) is 0 Å². The minimum atomic E-state index is 0. The zero-order valence-corrected chi connectivity index (χ0v) is 19.2. The van der Waals surface area contributed by atoms with Crippen molar-refractivity contribution in [2.24, 2.45) is 4.99 Å². The number of aliphatic imine (C=N–C) groups is 1. The predicted molar refractivity (Wildman–Crippen MR) is 124 cm³/mol. The summed E-state index contributed by atoms with van der Waals surface area (Å²) < 4.78 is 6.07. The molecule has 2 aromatic rings. The predicted octanol–water partition coefficient (Wildman–Crippen LogP) is 3.98. The van der Waals surface area contributed by atoms with Crippen LogP contribution in [0.15, 0.2) is 40.7 Å². The summed E-state index contributed by atoms with van der Waals surface area (Å²) in [4.78, 5) is 11.4. The SMILES string of the molecule is CCc1nc(CCNC(=NC)N2CCC(Oc3ccccc3)CC2)cs1.I. The van der Waals surface area contributed by atoms with Gasteiger partial charge in [0.25, 0.3) is 0 Å². The lowest BCUT2D eigenvalue weighted by Crippen LogP contribution is -2.47. The highest BCUT2D eigenvalue weighted by atomic mass is 127. The number of nitrogens with one attached hydrogen (secondary N) is 1. The molecule has 148 valence electrons. The number of hydrogen-bond acceptors (Lipinski definition) is 4. The molecular formula is C20H29IN4OS. The first-order valence-electron chi connectivity index (χ1n) is 9.39. The smallest absolute Gasteiger partial charge is 0.193 e. The molecule has 0 unspecified atom stereocenters. The molecular weight excluding hydrogens is 471 g/mol. The molecule has 1 saturated heterocycles. The second-order valence-corrected chi connectivity index (χ2v) is 7.37. The Morgan fingerprint density at radius 1 is 1.30 bits per heavy atom. The first kappa shape index (κ1) is 21.9. The standard InChI is InChI=1S/C20H28N4OS.HI/c1-3-19-23-16(15-26-19)9-12-22-20(21-2)24-13-10-18(11-14-24)25-17-7-5-4-6-8-17;/h4-8,15,18H,3,9-14H2,1-2H3,(H,21,22);1H. The van der Waals surface area contributed by atoms with E-state index in [1.165, 1.54) is 10.7 Å². The number of para-hydroxylation sites is 1. The van der Waals surface area contributed by atoms with Gasteiger partial charge >= 0.3 is 0 Å². The summed E-state index contributed by atoms with van der Waals surface area (Å²) >= 11 is 1.75. The number of nitrogens with zero attached hydrogens (tertiary/aromatic N) is 3. The molecule has 5 nitrogen and oxygen atoms in total. The van der Waals surface area contributed by atoms with Crippen LogP contribution in [0.1, 0.15) is 30.5 Å². The van der Waals surface area contributed by atoms with E-state index in [9.17, 15) is 0 Å². The second kappa shape index (κ2) is 11.5. The number of piperidine rings is 1. The minimum absolute atomic E-state index is 0. The normalized spacial score (nSPS) is 15.3. The van der Waals surface area contributed by atoms with E-state index in [1.54, 1.807) is 11.3 Å². The molecule has 0 atom stereocenters. The van der Waals surface area contributed by atoms with Crippen molar-refractivity contribution in [3.63, 3.8) is 0 Å². The Kier molecular flexibility index (Phi) is 9.33. The third-order valence-electron chi connectivity index (χ3n) is 4.57. The fourth-order valence-corrected chi connectivity index (χ4v) is 3.92. The number of hydrogen-bond donors (Lipinski definition) is 1. The lowest BCUT2D eigenvalue weighted by molar-refractivity contribution is 0.129. The number of aryl methyl sites for hydroxylation is 1. The van der Waals surface area contributed by atoms with Crippen molar-refractivity contribution < 1.29 is 4.74 Å². The molecule has 1 aliphatic rings. The highest BCUT2D eigenvalue weighted by molar-refractivity contribution is 14.0. The van der Waals surface area contributed by atoms with Crippen molar-refractivity contribution in [1.82, 2.24) is 15.2 Å². The van der Waals surface area contributed by atoms with Gasteiger partial charge in [0.05, 0.1) is 10.7 Å². The van der Waals surface area contributed by atoms with Crippen LogP contribution in [0.5, 0.6) is 5.75 Å². The molecule has 1 aromatic carbocycles. The Bertz CT molecular complexity index is 699. The Hall–Kier alpha value is -1.35. The van der Waals surface area contributed by atoms with Gasteiger partial charge in [-0.2, -0.15) is 0 Å². The van der Waals surface area contributed by atoms with Crippen LogP contribution < -0.4 is 10.1 Å². The zero-order chi connectivity index (χ0) is 18.2. The first-order valence-corrected chi connectivity index (χ1v) is 10.3. The lowest BCUT2D eigenvalue weighted by atomic mass is 10.1. The molecule has 0 radical (unpaired) electrons. The number of guanidine groups is 1. The first-order chi connectivity index (χ1) is 12.8. The van der Waals surface area contributed by atoms with Gasteiger partial charge in [-0.05, 0) is 18.6 Å². The van der Waals surface area contributed by atoms with Crippen molar-refractivity contribution in [1.29, 1.82) is 0 Å². The lowest BCUT2D eigenvalue weighted by Gasteiger charge is -2.34. The van der Waals surface area contributed by atoms with E-state index < -0.39 is 0 Å². The molecule has 1 aromatic heterocycles. The molecule has 3 rings (SSSR count). The van der Waals surface area contributed by atoms with Gasteiger partial charge in [0.2, 0.25) is 0 Å². The van der Waals surface area contributed by atoms with Crippen LogP contribution in [0.2, 0.25) is 0 Å². The Morgan fingerprint density at radius 2 is 2.04 bits per heavy atom. The summed E-state index contributed by atoms with van der Waals surface area (Å²) in [5, 5.41) is 6.85. The number of halogens is 1. The maximum absolute atomic E-state index is 6.07. The monoisotopic (exact) mass is 500 g/mol. The van der Waals surface area contributed by atoms with Crippen molar-refractivity contribution in [2.45, 2.75) is 38.7 Å². The van der Waals surface area contributed by atoms with Gasteiger partial charge in [-0.3, -0.25) is 4.99 Å². The number of aromatic nitrogens is 1. The van der Waals surface area contributed by atoms with Gasteiger partial charge in [0.15, 0.2) is 5.96 Å². The van der Waals surface area contributed by atoms with Crippen LogP contribution in [-0.2, 0) is 12.8 Å². The molecule has 7 heteroatoms. The minimum Gasteiger partial charge on any atom is -0.490 e. The molecule has 27 heavy (non-hydrogen) atoms. The van der Waals surface area contributed by atoms with Gasteiger partial charge in [0, 0.05) is 51.3 Å². The Labute approximate surface area is 183 Å². The highest BCUT2D eigenvalue weighted by Gasteiger charge is 2.22. The summed E-state index contributed by atoms with van der Waals surface area (Å²) in [5.74, 6) is 1.94. The van der Waals surface area contributed by atoms with E-state index in [4.69, 9.17) is 4.74 Å². The van der Waals surface area contributed by atoms with E-state index in [2.05, 4.69) is 32.5 Å². The number of rotatable bonds is 6. The van der Waals surface area contributed by atoms with Crippen molar-refractivity contribution in [2.75, 3.05) is 26.7 Å². The summed E-state index contributed by atoms with van der Waals surface area (Å²) in [7, 11) is 1.85. The molecule has 0 bridgehead atoms. The average molecular weight is 500 g/mol. The highest BCUT2D eigenvalue weighted by Crippen LogP contribution is 2.18. The summed E-state index contributed by atoms with van der Waals surface area (Å²) in [5.41, 5.74) is 1.17. The number of thiazole rings is 1. The van der Waals surface area contributed by atoms with E-state index in [1.807, 2.05) is 37.4 Å². The molecule has 0 amide bonds. The number of benzene rings is 1. The fraction of sp³-hybridized carbons (Fsp3) is 0.500. The number of ether oxygens (including phenoxy) is 1. The van der Waals surface area contributed by atoms with E-state index in [-0.39, 0.29) is 30.1 Å². The van der Waals surface area contributed by atoms with Crippen LogP contribution in [0.4, 0.5) is 0 Å². The second-order valence-electron chi connectivity index (χ2n) is 6.43. The largest absolute Gasteiger partial charge is 0.490 e. The van der Waals surface area contributed by atoms with Crippen molar-refractivity contribution in [3.05, 3.63) is 46.4 Å². The molecule has 1 fully saturated rings. The fourth-order valence-electron chi connectivity index (χ4n) is 3.14. The third-order valence-corrected chi connectivity index (χ3v) is 5.61. The molecule has 0 spiro atoms. The maximum Gasteiger partial charge on any atom is 0.193 e. The average Bonchev–Trinajstić information content (AvgIpc) is 3.15. The van der Waals surface area contributed by atoms with E-state index in [0.717, 1.165) is 57.0 Å². The van der Waals surface area contributed by atoms with Crippen LogP contribution in [-0.4, -0.2) is 48.6 Å². The van der Waals surface area contributed by atoms with Crippen molar-refractivity contribution in [3.8, 4) is 5.75 Å². The Balaban J connectivity index is 0.00000261. The van der Waals surface area contributed by atoms with Crippen LogP contribution in [0.3, 0.4) is 0 Å². The summed E-state index contributed by atoms with van der Waals surface area (Å²) in [6, 6.07) is 10.1. The van der Waals surface area contributed by atoms with E-state index >= 15 is 0 Å². The summed E-state index contributed by atoms with van der Waals surface area (Å²) in [6.07, 6.45) is 4.26. The molecule has 1 N–H and O–H groups in total. The van der Waals surface area contributed by atoms with Gasteiger partial charge in [-0.25, -0.2) is 4.98 Å². The van der Waals surface area contributed by atoms with Gasteiger partial charge in [-0.15, -0.1) is 35.3 Å². The van der Waals surface area contributed by atoms with Crippen LogP contribution in [0.25, 0.3) is 0 Å². The topological polar surface area (TPSA) is 49.8 Å². The van der Waals surface area contributed by atoms with Crippen LogP contribution in [0, 0.1) is 0 Å². The third kappa shape index (κ3) is 6.64. The van der Waals surface area contributed by atoms with Crippen molar-refractivity contribution >= 4 is 41.3 Å². The molecule has 0 saturated carbocycles. The van der Waals surface area contributed by atoms with Gasteiger partial charge in [-0.1, -0.05) is 25.1 Å². The van der Waals surface area contributed by atoms with Gasteiger partial charge in [0.1, 0.15) is 11.9 Å². The Morgan fingerprint density at radius 3 is 2.67 bits per heavy atom. The quantitative estimate of drug-likeness (QED) is 0.371. The molecule has 2 heterocycles. The van der Waals surface area contributed by atoms with Crippen LogP contribution >= 0.6 is 35.3 Å². The molecule has 0 aliphatic carbocycles. The maximum atomic E-state index is 6.07. The molecule has 1 aliphatic heterocycles. The van der Waals surface area contributed by atoms with Gasteiger partial charge < -0.3 is 15.0 Å². The number of likely N-dealkylation sites (tertiary alicyclic amines) is 1. The zero-order valence-electron chi connectivity index (χ0n) is 16.1.